The van der Waals surface area contributed by atoms with Crippen molar-refractivity contribution in [2.75, 3.05) is 0 Å². The summed E-state index contributed by atoms with van der Waals surface area (Å²) in [5, 5.41) is 0.888. The third-order valence-electron chi connectivity index (χ3n) is 2.89. The fraction of sp³-hybridized carbons (Fsp3) is 0.933. The molecule has 0 aliphatic heterocycles. The normalized spacial score (nSPS) is 15.2. The molecule has 4 heteroatoms. The quantitative estimate of drug-likeness (QED) is 0.391. The Balaban J connectivity index is 5.91. The summed E-state index contributed by atoms with van der Waals surface area (Å²) in [6, 6.07) is 0. The number of hydrogen-bond donors (Lipinski definition) is 0. The van der Waals surface area contributed by atoms with Gasteiger partial charge in [-0.3, -0.25) is 0 Å². The highest BCUT2D eigenvalue weighted by atomic mass is 32.0. The summed E-state index contributed by atoms with van der Waals surface area (Å²) in [5.41, 5.74) is 0. The highest BCUT2D eigenvalue weighted by molar-refractivity contribution is 8.24. The maximum absolute atomic E-state index is 2.55. The Labute approximate surface area is 127 Å². The second-order valence-corrected chi connectivity index (χ2v) is 26.7. The molecule has 0 aliphatic rings. The van der Waals surface area contributed by atoms with Crippen molar-refractivity contribution in [3.05, 3.63) is 0 Å². The molecule has 0 N–H and O–H groups in total. The van der Waals surface area contributed by atoms with E-state index >= 15 is 0 Å². The average Bonchev–Trinajstić information content (AvgIpc) is 1.91. The van der Waals surface area contributed by atoms with E-state index in [1.807, 2.05) is 4.54 Å². The van der Waals surface area contributed by atoms with Gasteiger partial charge in [-0.25, -0.2) is 0 Å². The molecule has 0 aliphatic carbocycles. The van der Waals surface area contributed by atoms with Gasteiger partial charge in [-0.05, 0) is 17.9 Å². The Morgan fingerprint density at radius 1 is 0.684 bits per heavy atom. The zero-order valence-corrected chi connectivity index (χ0v) is 19.2. The molecule has 0 aromatic carbocycles. The third kappa shape index (κ3) is 6.55. The number of hydrogen-bond acceptors (Lipinski definition) is 0. The largest absolute Gasteiger partial charge is 0.0844 e. The molecule has 0 aromatic rings. The minimum Gasteiger partial charge on any atom is -0.0844 e. The molecule has 0 fully saturated rings. The van der Waals surface area contributed by atoms with Crippen LogP contribution in [-0.4, -0.2) is 31.0 Å². The van der Waals surface area contributed by atoms with Crippen LogP contribution in [0.25, 0.3) is 0 Å². The van der Waals surface area contributed by atoms with E-state index in [2.05, 4.69) is 80.8 Å². The van der Waals surface area contributed by atoms with Crippen molar-refractivity contribution in [2.45, 2.75) is 91.1 Å². The Morgan fingerprint density at radius 2 is 0.947 bits per heavy atom. The lowest BCUT2D eigenvalue weighted by atomic mass is 10.2. The van der Waals surface area contributed by atoms with Crippen LogP contribution in [-0.2, 0) is 0 Å². The van der Waals surface area contributed by atoms with Gasteiger partial charge < -0.3 is 0 Å². The predicted molar refractivity (Wildman–Crippen MR) is 105 cm³/mol. The van der Waals surface area contributed by atoms with Crippen LogP contribution in [0.1, 0.15) is 41.5 Å². The van der Waals surface area contributed by atoms with Gasteiger partial charge in [0.15, 0.2) is 0 Å². The molecule has 0 amide bonds. The molecular weight excluding hydrogens is 298 g/mol. The molecule has 0 rings (SSSR count). The first-order valence-electron chi connectivity index (χ1n) is 7.37. The fourth-order valence-electron chi connectivity index (χ4n) is 2.83. The average molecular weight is 335 g/mol. The lowest BCUT2D eigenvalue weighted by molar-refractivity contribution is 0.720. The highest BCUT2D eigenvalue weighted by Gasteiger charge is 2.38. The van der Waals surface area contributed by atoms with Crippen LogP contribution in [0.4, 0.5) is 0 Å². The van der Waals surface area contributed by atoms with Gasteiger partial charge in [0.25, 0.3) is 0 Å². The second kappa shape index (κ2) is 6.03. The molecule has 0 saturated carbocycles. The fourth-order valence-corrected chi connectivity index (χ4v) is 26.6. The Bertz CT molecular complexity index is 303. The van der Waals surface area contributed by atoms with Gasteiger partial charge >= 0.3 is 0 Å². The van der Waals surface area contributed by atoms with Gasteiger partial charge in [0, 0.05) is 0 Å². The van der Waals surface area contributed by atoms with E-state index in [4.69, 9.17) is 0 Å². The maximum Gasteiger partial charge on any atom is 0.0735 e. The summed E-state index contributed by atoms with van der Waals surface area (Å²) in [7, 11) is -0.603. The summed E-state index contributed by atoms with van der Waals surface area (Å²) in [5.74, 6) is 0. The van der Waals surface area contributed by atoms with Gasteiger partial charge in [-0.1, -0.05) is 93.3 Å². The molecule has 0 aromatic heterocycles. The van der Waals surface area contributed by atoms with E-state index in [0.29, 0.717) is 10.3 Å². The molecule has 114 valence electrons. The zero-order chi connectivity index (χ0) is 15.9. The van der Waals surface area contributed by atoms with Crippen LogP contribution in [0, 0.1) is 0 Å². The van der Waals surface area contributed by atoms with Crippen molar-refractivity contribution in [1.82, 2.24) is 0 Å². The SMILES string of the molecule is CC(C)(C)P(P=C([Si](C)(C)C)[Si](C)(C)C)C(C)(C)C. The van der Waals surface area contributed by atoms with Crippen LogP contribution in [0.2, 0.25) is 39.3 Å². The Kier molecular flexibility index (Phi) is 6.36. The minimum atomic E-state index is -1.16. The van der Waals surface area contributed by atoms with Crippen molar-refractivity contribution < 1.29 is 0 Å². The Morgan fingerprint density at radius 3 is 1.11 bits per heavy atom. The van der Waals surface area contributed by atoms with Crippen LogP contribution in [0.5, 0.6) is 0 Å². The standard InChI is InChI=1S/C15H36P2Si2/c1-14(2,3)17(15(4,5)6)16-13(18(7,8)9)19(10,11)12/h1-12H3. The molecule has 0 nitrogen and oxygen atoms in total. The van der Waals surface area contributed by atoms with Crippen molar-refractivity contribution in [3.8, 4) is 0 Å². The van der Waals surface area contributed by atoms with E-state index in [1.165, 1.54) is 0 Å². The first-order chi connectivity index (χ1) is 7.97. The topological polar surface area (TPSA) is 0 Å². The summed E-state index contributed by atoms with van der Waals surface area (Å²) >= 11 is 0. The summed E-state index contributed by atoms with van der Waals surface area (Å²) in [6.45, 7) is 30.0. The van der Waals surface area contributed by atoms with Gasteiger partial charge in [0.1, 0.15) is 0 Å². The van der Waals surface area contributed by atoms with Crippen LogP contribution < -0.4 is 0 Å². The smallest absolute Gasteiger partial charge is 0.0735 e. The molecule has 0 unspecified atom stereocenters. The molecule has 0 saturated heterocycles. The van der Waals surface area contributed by atoms with Crippen LogP contribution in [0.15, 0.2) is 0 Å². The maximum atomic E-state index is 2.55. The molecule has 0 atom stereocenters. The van der Waals surface area contributed by atoms with E-state index in [0.717, 1.165) is 0 Å². The number of rotatable bonds is 3. The monoisotopic (exact) mass is 334 g/mol. The van der Waals surface area contributed by atoms with Gasteiger partial charge in [-0.2, -0.15) is 0 Å². The predicted octanol–water partition coefficient (Wildman–Crippen LogP) is 6.85. The van der Waals surface area contributed by atoms with Crippen molar-refractivity contribution in [3.63, 3.8) is 0 Å². The van der Waals surface area contributed by atoms with Gasteiger partial charge in [0.05, 0.1) is 16.1 Å². The van der Waals surface area contributed by atoms with E-state index < -0.39 is 16.1 Å². The lowest BCUT2D eigenvalue weighted by Gasteiger charge is -2.42. The van der Waals surface area contributed by atoms with E-state index in [1.54, 1.807) is 7.89 Å². The van der Waals surface area contributed by atoms with Gasteiger partial charge in [0.2, 0.25) is 0 Å². The van der Waals surface area contributed by atoms with Crippen molar-refractivity contribution >= 4 is 36.2 Å². The van der Waals surface area contributed by atoms with Gasteiger partial charge in [-0.15, -0.1) is 0 Å². The first kappa shape index (κ1) is 20.0. The second-order valence-electron chi connectivity index (χ2n) is 9.60. The zero-order valence-electron chi connectivity index (χ0n) is 15.4. The summed E-state index contributed by atoms with van der Waals surface area (Å²) < 4.78 is 1.98. The third-order valence-corrected chi connectivity index (χ3v) is 23.8. The van der Waals surface area contributed by atoms with E-state index in [-0.39, 0.29) is 7.61 Å². The summed E-state index contributed by atoms with van der Waals surface area (Å²) in [6.07, 6.45) is 0. The lowest BCUT2D eigenvalue weighted by Crippen LogP contribution is -2.48. The first-order valence-corrected chi connectivity index (χ1v) is 17.3. The van der Waals surface area contributed by atoms with Crippen molar-refractivity contribution in [2.24, 2.45) is 0 Å². The molecule has 0 radical (unpaired) electrons. The van der Waals surface area contributed by atoms with E-state index in [9.17, 15) is 0 Å². The van der Waals surface area contributed by atoms with Crippen LogP contribution in [0.3, 0.4) is 0 Å². The highest BCUT2D eigenvalue weighted by Crippen LogP contribution is 2.69. The van der Waals surface area contributed by atoms with Crippen LogP contribution >= 0.6 is 15.5 Å². The molecule has 0 heterocycles. The molecule has 19 heavy (non-hydrogen) atoms. The molecule has 0 spiro atoms. The minimum absolute atomic E-state index is 0.00604. The summed E-state index contributed by atoms with van der Waals surface area (Å²) in [4.78, 5) is 0. The molecular formula is C15H36P2Si2. The van der Waals surface area contributed by atoms with Crippen molar-refractivity contribution in [1.29, 1.82) is 0 Å². The molecule has 0 bridgehead atoms. The Hall–Kier alpha value is 1.03.